The Kier molecular flexibility index (Phi) is 3.96. The normalized spacial score (nSPS) is 24.7. The molecule has 1 heterocycles. The van der Waals surface area contributed by atoms with Crippen LogP contribution in [0.3, 0.4) is 0 Å². The van der Waals surface area contributed by atoms with Crippen molar-refractivity contribution in [1.82, 2.24) is 4.31 Å². The standard InChI is InChI=1S/C13H20N2O3S/c1-13(2)12(9-16)15(19(17)18)8-10-6-4-5-7-11(10)14(13)3/h4-7,12,16H,8-9H2,1-3H3,(H,17,18)/p-1. The number of benzene rings is 1. The van der Waals surface area contributed by atoms with Gasteiger partial charge in [-0.25, -0.2) is 4.31 Å². The van der Waals surface area contributed by atoms with E-state index in [1.807, 2.05) is 50.1 Å². The molecule has 1 aliphatic heterocycles. The van der Waals surface area contributed by atoms with Crippen molar-refractivity contribution in [3.63, 3.8) is 0 Å². The molecule has 0 spiro atoms. The lowest BCUT2D eigenvalue weighted by atomic mass is 9.93. The summed E-state index contributed by atoms with van der Waals surface area (Å²) in [6.07, 6.45) is 0. The number of hydrogen-bond acceptors (Lipinski definition) is 4. The van der Waals surface area contributed by atoms with Crippen LogP contribution in [0.4, 0.5) is 5.69 Å². The van der Waals surface area contributed by atoms with Gasteiger partial charge in [0.2, 0.25) is 0 Å². The van der Waals surface area contributed by atoms with Crippen molar-refractivity contribution >= 4 is 17.0 Å². The molecule has 0 aliphatic carbocycles. The molecule has 0 radical (unpaired) electrons. The van der Waals surface area contributed by atoms with Gasteiger partial charge in [0, 0.05) is 30.5 Å². The third kappa shape index (κ3) is 2.41. The Morgan fingerprint density at radius 3 is 2.68 bits per heavy atom. The molecule has 0 aromatic heterocycles. The number of aliphatic hydroxyl groups excluding tert-OH is 1. The Hall–Kier alpha value is -0.950. The van der Waals surface area contributed by atoms with E-state index in [0.29, 0.717) is 0 Å². The Bertz CT molecular complexity index is 493. The number of aliphatic hydroxyl groups is 1. The first-order valence-corrected chi connectivity index (χ1v) is 7.21. The Balaban J connectivity index is 2.57. The average Bonchev–Trinajstić information content (AvgIpc) is 2.45. The van der Waals surface area contributed by atoms with Gasteiger partial charge >= 0.3 is 0 Å². The van der Waals surface area contributed by atoms with Gasteiger partial charge in [-0.3, -0.25) is 4.21 Å². The molecule has 0 saturated heterocycles. The first kappa shape index (κ1) is 14.5. The summed E-state index contributed by atoms with van der Waals surface area (Å²) in [7, 11) is 1.93. The SMILES string of the molecule is CN1c2ccccc2CN(S(=O)[O-])C(CO)C1(C)C. The fraction of sp³-hybridized carbons (Fsp3) is 0.538. The lowest BCUT2D eigenvalue weighted by Gasteiger charge is -2.44. The fourth-order valence-corrected chi connectivity index (χ4v) is 3.38. The molecule has 1 aromatic carbocycles. The average molecular weight is 283 g/mol. The molecule has 6 heteroatoms. The summed E-state index contributed by atoms with van der Waals surface area (Å²) in [6, 6.07) is 7.24. The van der Waals surface area contributed by atoms with Crippen LogP contribution in [0.2, 0.25) is 0 Å². The molecule has 1 aromatic rings. The third-order valence-corrected chi connectivity index (χ3v) is 4.84. The molecule has 19 heavy (non-hydrogen) atoms. The molecule has 0 amide bonds. The number of hydrogen-bond donors (Lipinski definition) is 1. The number of rotatable bonds is 2. The first-order chi connectivity index (χ1) is 8.89. The summed E-state index contributed by atoms with van der Waals surface area (Å²) < 4.78 is 24.3. The van der Waals surface area contributed by atoms with Gasteiger partial charge in [0.25, 0.3) is 0 Å². The van der Waals surface area contributed by atoms with Crippen LogP contribution in [0, 0.1) is 0 Å². The molecule has 2 atom stereocenters. The molecule has 2 unspecified atom stereocenters. The molecular weight excluding hydrogens is 264 g/mol. The lowest BCUT2D eigenvalue weighted by molar-refractivity contribution is 0.131. The van der Waals surface area contributed by atoms with Gasteiger partial charge in [0.05, 0.1) is 18.2 Å². The molecular formula is C13H19N2O3S-. The Morgan fingerprint density at radius 1 is 1.47 bits per heavy atom. The monoisotopic (exact) mass is 283 g/mol. The van der Waals surface area contributed by atoms with E-state index in [0.717, 1.165) is 11.3 Å². The minimum Gasteiger partial charge on any atom is -0.760 e. The molecule has 5 nitrogen and oxygen atoms in total. The van der Waals surface area contributed by atoms with E-state index in [9.17, 15) is 13.9 Å². The molecule has 106 valence electrons. The number of fused-ring (bicyclic) bond motifs is 1. The topological polar surface area (TPSA) is 66.8 Å². The largest absolute Gasteiger partial charge is 0.760 e. The lowest BCUT2D eigenvalue weighted by Crippen LogP contribution is -2.58. The molecule has 1 aliphatic rings. The van der Waals surface area contributed by atoms with Crippen LogP contribution in [0.1, 0.15) is 19.4 Å². The number of anilines is 1. The van der Waals surface area contributed by atoms with E-state index in [1.165, 1.54) is 4.31 Å². The van der Waals surface area contributed by atoms with Crippen LogP contribution in [0.25, 0.3) is 0 Å². The smallest absolute Gasteiger partial charge is 0.0676 e. The molecule has 0 bridgehead atoms. The summed E-state index contributed by atoms with van der Waals surface area (Å²) in [4.78, 5) is 2.04. The van der Waals surface area contributed by atoms with Crippen molar-refractivity contribution in [2.45, 2.75) is 32.0 Å². The van der Waals surface area contributed by atoms with Gasteiger partial charge in [-0.2, -0.15) is 0 Å². The van der Waals surface area contributed by atoms with Crippen LogP contribution < -0.4 is 4.90 Å². The van der Waals surface area contributed by atoms with E-state index >= 15 is 0 Å². The molecule has 0 fully saturated rings. The zero-order valence-corrected chi connectivity index (χ0v) is 12.2. The molecule has 2 rings (SSSR count). The molecule has 1 N–H and O–H groups in total. The van der Waals surface area contributed by atoms with Gasteiger partial charge in [-0.1, -0.05) is 18.2 Å². The summed E-state index contributed by atoms with van der Waals surface area (Å²) in [6.45, 7) is 3.95. The summed E-state index contributed by atoms with van der Waals surface area (Å²) in [5, 5.41) is 9.63. The highest BCUT2D eigenvalue weighted by Crippen LogP contribution is 2.35. The predicted octanol–water partition coefficient (Wildman–Crippen LogP) is 0.872. The second-order valence-electron chi connectivity index (χ2n) is 5.33. The number of likely N-dealkylation sites (N-methyl/N-ethyl adjacent to an activating group) is 1. The van der Waals surface area contributed by atoms with E-state index in [-0.39, 0.29) is 13.2 Å². The zero-order chi connectivity index (χ0) is 14.2. The van der Waals surface area contributed by atoms with Gasteiger partial charge in [-0.05, 0) is 25.5 Å². The van der Waals surface area contributed by atoms with Crippen molar-refractivity contribution in [2.75, 3.05) is 18.6 Å². The minimum absolute atomic E-state index is 0.209. The van der Waals surface area contributed by atoms with E-state index in [2.05, 4.69) is 0 Å². The highest BCUT2D eigenvalue weighted by molar-refractivity contribution is 7.76. The third-order valence-electron chi connectivity index (χ3n) is 4.07. The van der Waals surface area contributed by atoms with Gasteiger partial charge in [-0.15, -0.1) is 0 Å². The Morgan fingerprint density at radius 2 is 2.11 bits per heavy atom. The first-order valence-electron chi connectivity index (χ1n) is 6.18. The van der Waals surface area contributed by atoms with Crippen LogP contribution in [-0.4, -0.2) is 43.4 Å². The van der Waals surface area contributed by atoms with Crippen molar-refractivity contribution in [3.05, 3.63) is 29.8 Å². The summed E-state index contributed by atoms with van der Waals surface area (Å²) >= 11 is -2.37. The number of nitrogens with zero attached hydrogens (tertiary/aromatic N) is 2. The van der Waals surface area contributed by atoms with Gasteiger partial charge in [0.15, 0.2) is 0 Å². The van der Waals surface area contributed by atoms with Crippen molar-refractivity contribution < 1.29 is 13.9 Å². The highest BCUT2D eigenvalue weighted by atomic mass is 32.2. The van der Waals surface area contributed by atoms with Gasteiger partial charge < -0.3 is 14.6 Å². The quantitative estimate of drug-likeness (QED) is 0.818. The van der Waals surface area contributed by atoms with E-state index in [4.69, 9.17) is 0 Å². The number of para-hydroxylation sites is 1. The van der Waals surface area contributed by atoms with Crippen LogP contribution in [0.15, 0.2) is 24.3 Å². The van der Waals surface area contributed by atoms with Crippen LogP contribution >= 0.6 is 0 Å². The summed E-state index contributed by atoms with van der Waals surface area (Å²) in [5.74, 6) is 0. The second kappa shape index (κ2) is 5.20. The minimum atomic E-state index is -2.37. The van der Waals surface area contributed by atoms with Crippen LogP contribution in [-0.2, 0) is 17.8 Å². The highest BCUT2D eigenvalue weighted by Gasteiger charge is 2.41. The van der Waals surface area contributed by atoms with E-state index < -0.39 is 22.8 Å². The van der Waals surface area contributed by atoms with Crippen molar-refractivity contribution in [2.24, 2.45) is 0 Å². The Labute approximate surface area is 116 Å². The maximum absolute atomic E-state index is 11.5. The maximum Gasteiger partial charge on any atom is 0.0676 e. The molecule has 0 saturated carbocycles. The fourth-order valence-electron chi connectivity index (χ4n) is 2.61. The van der Waals surface area contributed by atoms with Crippen LogP contribution in [0.5, 0.6) is 0 Å². The van der Waals surface area contributed by atoms with Crippen molar-refractivity contribution in [3.8, 4) is 0 Å². The zero-order valence-electron chi connectivity index (χ0n) is 11.4. The predicted molar refractivity (Wildman–Crippen MR) is 74.3 cm³/mol. The second-order valence-corrected chi connectivity index (χ2v) is 6.24. The maximum atomic E-state index is 11.5. The van der Waals surface area contributed by atoms with E-state index in [1.54, 1.807) is 0 Å². The summed E-state index contributed by atoms with van der Waals surface area (Å²) in [5.41, 5.74) is 1.44. The van der Waals surface area contributed by atoms with Gasteiger partial charge in [0.1, 0.15) is 0 Å². The van der Waals surface area contributed by atoms with Crippen molar-refractivity contribution in [1.29, 1.82) is 0 Å².